The molecule has 0 heterocycles. The molecule has 1 amide bonds. The van der Waals surface area contributed by atoms with Gasteiger partial charge < -0.3 is 25.6 Å². The first-order valence-electron chi connectivity index (χ1n) is 8.08. The van der Waals surface area contributed by atoms with Gasteiger partial charge in [0.25, 0.3) is 0 Å². The standard InChI is InChI=1S/C19H24N2O4.ClH/c1-25-16-9-5-8-15(10-16)12-21(19(23)24)13-18(22)17(20)11-14-6-3-2-4-7-14;/h2-10,17-18,22H,11-13,20H2,1H3,(H,23,24);1H/t17-,18+;/m0./s1. The molecule has 7 heteroatoms. The van der Waals surface area contributed by atoms with Crippen molar-refractivity contribution in [2.75, 3.05) is 13.7 Å². The van der Waals surface area contributed by atoms with E-state index in [1.54, 1.807) is 25.3 Å². The Hall–Kier alpha value is -2.28. The fourth-order valence-corrected chi connectivity index (χ4v) is 2.58. The van der Waals surface area contributed by atoms with Crippen LogP contribution in [0.4, 0.5) is 4.79 Å². The molecule has 26 heavy (non-hydrogen) atoms. The zero-order chi connectivity index (χ0) is 18.2. The molecule has 0 aromatic heterocycles. The van der Waals surface area contributed by atoms with Gasteiger partial charge in [-0.3, -0.25) is 0 Å². The molecule has 2 rings (SSSR count). The van der Waals surface area contributed by atoms with Crippen LogP contribution in [-0.4, -0.2) is 47.0 Å². The monoisotopic (exact) mass is 380 g/mol. The van der Waals surface area contributed by atoms with Crippen LogP contribution in [0.1, 0.15) is 11.1 Å². The third kappa shape index (κ3) is 6.55. The predicted octanol–water partition coefficient (Wildman–Crippen LogP) is 2.53. The Morgan fingerprint density at radius 3 is 2.42 bits per heavy atom. The number of aliphatic hydroxyl groups is 1. The van der Waals surface area contributed by atoms with Crippen LogP contribution in [0.3, 0.4) is 0 Å². The smallest absolute Gasteiger partial charge is 0.407 e. The van der Waals surface area contributed by atoms with Gasteiger partial charge in [0.15, 0.2) is 0 Å². The number of benzene rings is 2. The second-order valence-corrected chi connectivity index (χ2v) is 5.94. The number of hydrogen-bond acceptors (Lipinski definition) is 4. The molecular formula is C19H25ClN2O4. The highest BCUT2D eigenvalue weighted by molar-refractivity contribution is 5.85. The fourth-order valence-electron chi connectivity index (χ4n) is 2.58. The van der Waals surface area contributed by atoms with Crippen molar-refractivity contribution in [3.8, 4) is 5.75 Å². The lowest BCUT2D eigenvalue weighted by atomic mass is 10.0. The molecule has 2 aromatic carbocycles. The van der Waals surface area contributed by atoms with Crippen molar-refractivity contribution in [3.05, 3.63) is 65.7 Å². The quantitative estimate of drug-likeness (QED) is 0.654. The number of rotatable bonds is 8. The van der Waals surface area contributed by atoms with Crippen LogP contribution in [0, 0.1) is 0 Å². The van der Waals surface area contributed by atoms with Gasteiger partial charge in [-0.1, -0.05) is 42.5 Å². The lowest BCUT2D eigenvalue weighted by Crippen LogP contribution is -2.46. The van der Waals surface area contributed by atoms with E-state index in [2.05, 4.69) is 0 Å². The normalized spacial score (nSPS) is 12.6. The van der Waals surface area contributed by atoms with Crippen molar-refractivity contribution in [3.63, 3.8) is 0 Å². The Morgan fingerprint density at radius 1 is 1.15 bits per heavy atom. The number of amides is 1. The van der Waals surface area contributed by atoms with Gasteiger partial charge in [-0.15, -0.1) is 12.4 Å². The molecule has 0 spiro atoms. The zero-order valence-electron chi connectivity index (χ0n) is 14.6. The van der Waals surface area contributed by atoms with Gasteiger partial charge in [0.05, 0.1) is 19.8 Å². The van der Waals surface area contributed by atoms with E-state index in [4.69, 9.17) is 10.5 Å². The van der Waals surface area contributed by atoms with Crippen LogP contribution in [0.2, 0.25) is 0 Å². The SMILES string of the molecule is COc1cccc(CN(C[C@@H](O)[C@@H](N)Cc2ccccc2)C(=O)O)c1.Cl. The first kappa shape index (κ1) is 21.8. The van der Waals surface area contributed by atoms with Crippen LogP contribution >= 0.6 is 12.4 Å². The van der Waals surface area contributed by atoms with E-state index in [9.17, 15) is 15.0 Å². The van der Waals surface area contributed by atoms with Crippen LogP contribution in [0.25, 0.3) is 0 Å². The van der Waals surface area contributed by atoms with Gasteiger partial charge in [0.1, 0.15) is 5.75 Å². The number of carbonyl (C=O) groups is 1. The second kappa shape index (κ2) is 10.7. The van der Waals surface area contributed by atoms with E-state index in [-0.39, 0.29) is 25.5 Å². The molecule has 0 bridgehead atoms. The molecule has 0 saturated carbocycles. The van der Waals surface area contributed by atoms with Crippen molar-refractivity contribution in [1.29, 1.82) is 0 Å². The number of carboxylic acid groups (broad SMARTS) is 1. The average Bonchev–Trinajstić information content (AvgIpc) is 2.62. The molecule has 2 atom stereocenters. The third-order valence-corrected chi connectivity index (χ3v) is 3.99. The summed E-state index contributed by atoms with van der Waals surface area (Å²) in [5.41, 5.74) is 7.83. The molecule has 0 aliphatic heterocycles. The van der Waals surface area contributed by atoms with E-state index in [1.807, 2.05) is 36.4 Å². The molecule has 142 valence electrons. The lowest BCUT2D eigenvalue weighted by molar-refractivity contribution is 0.0795. The molecule has 0 aliphatic rings. The summed E-state index contributed by atoms with van der Waals surface area (Å²) in [7, 11) is 1.56. The van der Waals surface area contributed by atoms with E-state index in [1.165, 1.54) is 0 Å². The third-order valence-electron chi connectivity index (χ3n) is 3.99. The molecule has 0 radical (unpaired) electrons. The Kier molecular flexibility index (Phi) is 8.92. The minimum atomic E-state index is -1.10. The summed E-state index contributed by atoms with van der Waals surface area (Å²) in [6.45, 7) is 0.0994. The van der Waals surface area contributed by atoms with Gasteiger partial charge in [-0.05, 0) is 29.7 Å². The summed E-state index contributed by atoms with van der Waals surface area (Å²) in [6, 6.07) is 16.2. The van der Waals surface area contributed by atoms with Gasteiger partial charge >= 0.3 is 6.09 Å². The number of hydrogen-bond donors (Lipinski definition) is 3. The maximum absolute atomic E-state index is 11.5. The lowest BCUT2D eigenvalue weighted by Gasteiger charge is -2.26. The second-order valence-electron chi connectivity index (χ2n) is 5.94. The van der Waals surface area contributed by atoms with Crippen LogP contribution in [-0.2, 0) is 13.0 Å². The van der Waals surface area contributed by atoms with E-state index in [0.717, 1.165) is 16.0 Å². The fraction of sp³-hybridized carbons (Fsp3) is 0.316. The van der Waals surface area contributed by atoms with E-state index >= 15 is 0 Å². The Labute approximate surface area is 159 Å². The van der Waals surface area contributed by atoms with Crippen LogP contribution in [0.15, 0.2) is 54.6 Å². The summed E-state index contributed by atoms with van der Waals surface area (Å²) in [6.07, 6.45) is -1.58. The summed E-state index contributed by atoms with van der Waals surface area (Å²) < 4.78 is 5.15. The highest BCUT2D eigenvalue weighted by Crippen LogP contribution is 2.15. The predicted molar refractivity (Wildman–Crippen MR) is 103 cm³/mol. The highest BCUT2D eigenvalue weighted by Gasteiger charge is 2.22. The number of ether oxygens (including phenoxy) is 1. The van der Waals surface area contributed by atoms with Crippen molar-refractivity contribution in [2.45, 2.75) is 25.1 Å². The van der Waals surface area contributed by atoms with E-state index in [0.29, 0.717) is 12.2 Å². The van der Waals surface area contributed by atoms with Crippen LogP contribution in [0.5, 0.6) is 5.75 Å². The van der Waals surface area contributed by atoms with Crippen molar-refractivity contribution < 1.29 is 19.7 Å². The number of aliphatic hydroxyl groups excluding tert-OH is 1. The number of nitrogens with two attached hydrogens (primary N) is 1. The Bertz CT molecular complexity index is 684. The van der Waals surface area contributed by atoms with Gasteiger partial charge in [0.2, 0.25) is 0 Å². The molecule has 0 fully saturated rings. The first-order valence-corrected chi connectivity index (χ1v) is 8.08. The van der Waals surface area contributed by atoms with Gasteiger partial charge in [-0.2, -0.15) is 0 Å². The Morgan fingerprint density at radius 2 is 1.81 bits per heavy atom. The van der Waals surface area contributed by atoms with Crippen molar-refractivity contribution >= 4 is 18.5 Å². The number of nitrogens with zero attached hydrogens (tertiary/aromatic N) is 1. The topological polar surface area (TPSA) is 96.0 Å². The van der Waals surface area contributed by atoms with Gasteiger partial charge in [0, 0.05) is 12.6 Å². The summed E-state index contributed by atoms with van der Waals surface area (Å²) >= 11 is 0. The zero-order valence-corrected chi connectivity index (χ0v) is 15.4. The number of halogens is 1. The molecule has 0 aliphatic carbocycles. The molecule has 0 unspecified atom stereocenters. The van der Waals surface area contributed by atoms with E-state index < -0.39 is 18.2 Å². The molecule has 4 N–H and O–H groups in total. The molecule has 0 saturated heterocycles. The van der Waals surface area contributed by atoms with Gasteiger partial charge in [-0.25, -0.2) is 4.79 Å². The Balaban J connectivity index is 0.00000338. The minimum Gasteiger partial charge on any atom is -0.497 e. The maximum Gasteiger partial charge on any atom is 0.407 e. The largest absolute Gasteiger partial charge is 0.497 e. The first-order chi connectivity index (χ1) is 12.0. The molecule has 2 aromatic rings. The van der Waals surface area contributed by atoms with Crippen LogP contribution < -0.4 is 10.5 Å². The molecular weight excluding hydrogens is 356 g/mol. The van der Waals surface area contributed by atoms with Crippen molar-refractivity contribution in [2.24, 2.45) is 5.73 Å². The minimum absolute atomic E-state index is 0. The maximum atomic E-state index is 11.5. The number of methoxy groups -OCH3 is 1. The molecule has 6 nitrogen and oxygen atoms in total. The highest BCUT2D eigenvalue weighted by atomic mass is 35.5. The average molecular weight is 381 g/mol. The summed E-state index contributed by atoms with van der Waals surface area (Å²) in [4.78, 5) is 12.7. The van der Waals surface area contributed by atoms with Crippen molar-refractivity contribution in [1.82, 2.24) is 4.90 Å². The summed E-state index contributed by atoms with van der Waals surface area (Å²) in [5.74, 6) is 0.657. The summed E-state index contributed by atoms with van der Waals surface area (Å²) in [5, 5.41) is 19.7.